The molecule has 0 aliphatic heterocycles. The van der Waals surface area contributed by atoms with Gasteiger partial charge in [-0.05, 0) is 54.6 Å². The minimum Gasteiger partial charge on any atom is -0.501 e. The van der Waals surface area contributed by atoms with E-state index in [1.165, 1.54) is 13.2 Å². The summed E-state index contributed by atoms with van der Waals surface area (Å²) in [5.41, 5.74) is 0.659. The molecule has 18 heavy (non-hydrogen) atoms. The van der Waals surface area contributed by atoms with Crippen LogP contribution < -0.4 is 5.32 Å². The predicted octanol–water partition coefficient (Wildman–Crippen LogP) is 2.74. The van der Waals surface area contributed by atoms with Crippen LogP contribution in [0, 0.1) is 3.57 Å². The van der Waals surface area contributed by atoms with E-state index in [1.54, 1.807) is 13.0 Å². The van der Waals surface area contributed by atoms with Gasteiger partial charge in [-0.25, -0.2) is 0 Å². The molecule has 1 N–H and O–H groups in total. The largest absolute Gasteiger partial charge is 0.501 e. The lowest BCUT2D eigenvalue weighted by Crippen LogP contribution is -2.19. The summed E-state index contributed by atoms with van der Waals surface area (Å²) < 4.78 is 6.00. The zero-order valence-corrected chi connectivity index (χ0v) is 12.4. The Balaban J connectivity index is 2.82. The predicted molar refractivity (Wildman–Crippen MR) is 78.2 cm³/mol. The van der Waals surface area contributed by atoms with Crippen LogP contribution in [0.2, 0.25) is 0 Å². The topological polar surface area (TPSA) is 55.4 Å². The van der Waals surface area contributed by atoms with Crippen LogP contribution in [0.3, 0.4) is 0 Å². The van der Waals surface area contributed by atoms with Crippen LogP contribution in [0.1, 0.15) is 13.8 Å². The van der Waals surface area contributed by atoms with Gasteiger partial charge in [0.1, 0.15) is 5.57 Å². The fourth-order valence-electron chi connectivity index (χ4n) is 1.23. The summed E-state index contributed by atoms with van der Waals surface area (Å²) in [4.78, 5) is 23.2. The first kappa shape index (κ1) is 14.7. The standard InChI is InChI=1S/C13H14INO3/c1-3-18-8-12(9(2)16)13(17)15-11-6-4-5-10(14)7-11/h4-8H,3H2,1-2H3,(H,15,17). The van der Waals surface area contributed by atoms with Gasteiger partial charge in [0, 0.05) is 9.26 Å². The summed E-state index contributed by atoms with van der Waals surface area (Å²) in [5.74, 6) is -0.787. The molecule has 1 aromatic rings. The summed E-state index contributed by atoms with van der Waals surface area (Å²) >= 11 is 2.15. The van der Waals surface area contributed by atoms with Crippen molar-refractivity contribution in [2.75, 3.05) is 11.9 Å². The molecular formula is C13H14INO3. The third-order valence-corrected chi connectivity index (χ3v) is 2.75. The van der Waals surface area contributed by atoms with Crippen LogP contribution in [-0.2, 0) is 14.3 Å². The van der Waals surface area contributed by atoms with Crippen molar-refractivity contribution in [3.63, 3.8) is 0 Å². The average molecular weight is 359 g/mol. The fourth-order valence-corrected chi connectivity index (χ4v) is 1.77. The smallest absolute Gasteiger partial charge is 0.262 e. The maximum Gasteiger partial charge on any atom is 0.262 e. The Kier molecular flexibility index (Phi) is 5.84. The Labute approximate surface area is 120 Å². The number of anilines is 1. The number of carbonyl (C=O) groups is 2. The Morgan fingerprint density at radius 1 is 1.44 bits per heavy atom. The molecule has 96 valence electrons. The van der Waals surface area contributed by atoms with E-state index >= 15 is 0 Å². The summed E-state index contributed by atoms with van der Waals surface area (Å²) in [6, 6.07) is 7.32. The minimum absolute atomic E-state index is 0.00992. The van der Waals surface area contributed by atoms with Crippen molar-refractivity contribution in [2.24, 2.45) is 0 Å². The molecule has 0 radical (unpaired) electrons. The summed E-state index contributed by atoms with van der Waals surface area (Å²) in [5, 5.41) is 2.66. The van der Waals surface area contributed by atoms with Crippen LogP contribution >= 0.6 is 22.6 Å². The normalized spacial score (nSPS) is 10.9. The second-order valence-electron chi connectivity index (χ2n) is 3.51. The maximum absolute atomic E-state index is 11.9. The molecule has 0 atom stereocenters. The van der Waals surface area contributed by atoms with Gasteiger partial charge in [-0.3, -0.25) is 9.59 Å². The van der Waals surface area contributed by atoms with Gasteiger partial charge in [-0.2, -0.15) is 0 Å². The first-order valence-electron chi connectivity index (χ1n) is 5.44. The van der Waals surface area contributed by atoms with E-state index in [-0.39, 0.29) is 11.4 Å². The second kappa shape index (κ2) is 7.15. The first-order chi connectivity index (χ1) is 8.54. The SMILES string of the molecule is CCOC=C(C(C)=O)C(=O)Nc1cccc(I)c1. The van der Waals surface area contributed by atoms with Crippen molar-refractivity contribution in [1.29, 1.82) is 0 Å². The van der Waals surface area contributed by atoms with E-state index in [4.69, 9.17) is 4.74 Å². The van der Waals surface area contributed by atoms with Crippen molar-refractivity contribution in [3.8, 4) is 0 Å². The zero-order valence-electron chi connectivity index (χ0n) is 10.2. The summed E-state index contributed by atoms with van der Waals surface area (Å²) in [6.45, 7) is 3.53. The maximum atomic E-state index is 11.9. The highest BCUT2D eigenvalue weighted by molar-refractivity contribution is 14.1. The Hall–Kier alpha value is -1.37. The molecule has 1 rings (SSSR count). The number of ether oxygens (including phenoxy) is 1. The van der Waals surface area contributed by atoms with E-state index in [9.17, 15) is 9.59 Å². The number of hydrogen-bond donors (Lipinski definition) is 1. The molecule has 0 bridgehead atoms. The van der Waals surface area contributed by atoms with Crippen molar-refractivity contribution in [2.45, 2.75) is 13.8 Å². The van der Waals surface area contributed by atoms with Gasteiger partial charge in [0.05, 0.1) is 12.9 Å². The van der Waals surface area contributed by atoms with Crippen LogP contribution in [0.15, 0.2) is 36.1 Å². The number of carbonyl (C=O) groups excluding carboxylic acids is 2. The van der Waals surface area contributed by atoms with E-state index in [0.717, 1.165) is 3.57 Å². The third kappa shape index (κ3) is 4.48. The molecular weight excluding hydrogens is 345 g/mol. The van der Waals surface area contributed by atoms with Gasteiger partial charge in [0.15, 0.2) is 5.78 Å². The molecule has 1 amide bonds. The number of nitrogens with one attached hydrogen (secondary N) is 1. The number of ketones is 1. The average Bonchev–Trinajstić information content (AvgIpc) is 2.29. The molecule has 1 aromatic carbocycles. The van der Waals surface area contributed by atoms with Crippen molar-refractivity contribution in [1.82, 2.24) is 0 Å². The Bertz CT molecular complexity index is 483. The molecule has 0 aromatic heterocycles. The number of hydrogen-bond acceptors (Lipinski definition) is 3. The van der Waals surface area contributed by atoms with Crippen molar-refractivity contribution < 1.29 is 14.3 Å². The van der Waals surface area contributed by atoms with Crippen LogP contribution in [0.25, 0.3) is 0 Å². The van der Waals surface area contributed by atoms with Gasteiger partial charge in [-0.15, -0.1) is 0 Å². The van der Waals surface area contributed by atoms with Gasteiger partial charge >= 0.3 is 0 Å². The van der Waals surface area contributed by atoms with Crippen LogP contribution in [-0.4, -0.2) is 18.3 Å². The number of benzene rings is 1. The molecule has 0 saturated heterocycles. The minimum atomic E-state index is -0.460. The first-order valence-corrected chi connectivity index (χ1v) is 6.52. The van der Waals surface area contributed by atoms with E-state index in [2.05, 4.69) is 27.9 Å². The molecule has 0 aliphatic carbocycles. The molecule has 0 aliphatic rings. The van der Waals surface area contributed by atoms with Crippen LogP contribution in [0.4, 0.5) is 5.69 Å². The van der Waals surface area contributed by atoms with Gasteiger partial charge in [-0.1, -0.05) is 6.07 Å². The molecule has 5 heteroatoms. The molecule has 4 nitrogen and oxygen atoms in total. The number of halogens is 1. The molecule has 0 saturated carbocycles. The second-order valence-corrected chi connectivity index (χ2v) is 4.75. The number of amides is 1. The van der Waals surface area contributed by atoms with Crippen molar-refractivity contribution in [3.05, 3.63) is 39.7 Å². The van der Waals surface area contributed by atoms with Crippen molar-refractivity contribution >= 4 is 40.0 Å². The summed E-state index contributed by atoms with van der Waals surface area (Å²) in [6.07, 6.45) is 1.20. The highest BCUT2D eigenvalue weighted by atomic mass is 127. The highest BCUT2D eigenvalue weighted by Gasteiger charge is 2.15. The monoisotopic (exact) mass is 359 g/mol. The number of rotatable bonds is 5. The fraction of sp³-hybridized carbons (Fsp3) is 0.231. The third-order valence-electron chi connectivity index (χ3n) is 2.07. The lowest BCUT2D eigenvalue weighted by Gasteiger charge is -2.07. The molecule has 0 fully saturated rings. The molecule has 0 unspecified atom stereocenters. The van der Waals surface area contributed by atoms with E-state index in [0.29, 0.717) is 12.3 Å². The number of Topliss-reactive ketones (excluding diaryl/α,β-unsaturated/α-hetero) is 1. The highest BCUT2D eigenvalue weighted by Crippen LogP contribution is 2.13. The Morgan fingerprint density at radius 2 is 2.17 bits per heavy atom. The zero-order chi connectivity index (χ0) is 13.5. The van der Waals surface area contributed by atoms with Gasteiger partial charge in [0.25, 0.3) is 5.91 Å². The Morgan fingerprint density at radius 3 is 2.72 bits per heavy atom. The van der Waals surface area contributed by atoms with Crippen LogP contribution in [0.5, 0.6) is 0 Å². The quantitative estimate of drug-likeness (QED) is 0.289. The molecule has 0 spiro atoms. The van der Waals surface area contributed by atoms with Gasteiger partial charge < -0.3 is 10.1 Å². The molecule has 0 heterocycles. The lowest BCUT2D eigenvalue weighted by atomic mass is 10.2. The van der Waals surface area contributed by atoms with Gasteiger partial charge in [0.2, 0.25) is 0 Å². The van der Waals surface area contributed by atoms with E-state index < -0.39 is 5.91 Å². The summed E-state index contributed by atoms with van der Waals surface area (Å²) in [7, 11) is 0. The van der Waals surface area contributed by atoms with E-state index in [1.807, 2.05) is 18.2 Å². The lowest BCUT2D eigenvalue weighted by molar-refractivity contribution is -0.119.